The number of nitrogens with zero attached hydrogens (tertiary/aromatic N) is 1. The van der Waals surface area contributed by atoms with Gasteiger partial charge in [0, 0.05) is 20.9 Å². The molecule has 7 heteroatoms. The summed E-state index contributed by atoms with van der Waals surface area (Å²) in [5, 5.41) is 13.7. The second-order valence-corrected chi connectivity index (χ2v) is 5.72. The quantitative estimate of drug-likeness (QED) is 0.471. The maximum atomic E-state index is 12.2. The third kappa shape index (κ3) is 3.53. The van der Waals surface area contributed by atoms with Crippen LogP contribution in [0.1, 0.15) is 15.9 Å². The molecule has 0 atom stereocenters. The molecule has 0 aliphatic rings. The molecule has 2 rings (SSSR count). The van der Waals surface area contributed by atoms with Crippen molar-refractivity contribution in [3.8, 4) is 5.75 Å². The van der Waals surface area contributed by atoms with E-state index in [-0.39, 0.29) is 17.0 Å². The molecule has 0 heterocycles. The van der Waals surface area contributed by atoms with Gasteiger partial charge in [0.25, 0.3) is 5.91 Å². The standard InChI is InChI=1S/C15H13IN2O4/c1-9-3-5-11(8-12(9)16)17-15(19)10-4-6-14(22-2)13(7-10)18(20)21/h3-8H,1-2H3,(H,17,19). The van der Waals surface area contributed by atoms with Gasteiger partial charge < -0.3 is 10.1 Å². The Morgan fingerprint density at radius 1 is 1.27 bits per heavy atom. The van der Waals surface area contributed by atoms with E-state index in [1.807, 2.05) is 19.1 Å². The lowest BCUT2D eigenvalue weighted by molar-refractivity contribution is -0.385. The van der Waals surface area contributed by atoms with Gasteiger partial charge >= 0.3 is 5.69 Å². The molecule has 6 nitrogen and oxygen atoms in total. The number of hydrogen-bond acceptors (Lipinski definition) is 4. The lowest BCUT2D eigenvalue weighted by Gasteiger charge is -2.08. The third-order valence-electron chi connectivity index (χ3n) is 3.07. The fourth-order valence-electron chi connectivity index (χ4n) is 1.85. The first-order valence-corrected chi connectivity index (χ1v) is 7.40. The Morgan fingerprint density at radius 3 is 2.59 bits per heavy atom. The molecule has 22 heavy (non-hydrogen) atoms. The summed E-state index contributed by atoms with van der Waals surface area (Å²) >= 11 is 2.18. The highest BCUT2D eigenvalue weighted by Crippen LogP contribution is 2.28. The van der Waals surface area contributed by atoms with Gasteiger partial charge in [-0.1, -0.05) is 6.07 Å². The number of rotatable bonds is 4. The fraction of sp³-hybridized carbons (Fsp3) is 0.133. The van der Waals surface area contributed by atoms with E-state index < -0.39 is 10.8 Å². The Labute approximate surface area is 140 Å². The van der Waals surface area contributed by atoms with E-state index in [9.17, 15) is 14.9 Å². The maximum Gasteiger partial charge on any atom is 0.311 e. The Hall–Kier alpha value is -2.16. The Bertz CT molecular complexity index is 746. The first-order chi connectivity index (χ1) is 10.4. The van der Waals surface area contributed by atoms with Crippen LogP contribution >= 0.6 is 22.6 Å². The molecule has 0 spiro atoms. The maximum absolute atomic E-state index is 12.2. The Balaban J connectivity index is 2.27. The number of aryl methyl sites for hydroxylation is 1. The molecule has 1 amide bonds. The van der Waals surface area contributed by atoms with Crippen molar-refractivity contribution in [3.63, 3.8) is 0 Å². The molecule has 0 aliphatic carbocycles. The number of halogens is 1. The molecule has 2 aromatic rings. The van der Waals surface area contributed by atoms with Gasteiger partial charge in [-0.15, -0.1) is 0 Å². The number of nitro benzene ring substituents is 1. The van der Waals surface area contributed by atoms with E-state index >= 15 is 0 Å². The van der Waals surface area contributed by atoms with Gasteiger partial charge in [0.2, 0.25) is 0 Å². The molecule has 0 radical (unpaired) electrons. The number of nitrogens with one attached hydrogen (secondary N) is 1. The van der Waals surface area contributed by atoms with Crippen molar-refractivity contribution in [1.29, 1.82) is 0 Å². The van der Waals surface area contributed by atoms with E-state index in [0.29, 0.717) is 5.69 Å². The first-order valence-electron chi connectivity index (χ1n) is 6.32. The van der Waals surface area contributed by atoms with Crippen LogP contribution in [0, 0.1) is 20.6 Å². The zero-order chi connectivity index (χ0) is 16.3. The second-order valence-electron chi connectivity index (χ2n) is 4.56. The van der Waals surface area contributed by atoms with Crippen molar-refractivity contribution < 1.29 is 14.5 Å². The summed E-state index contributed by atoms with van der Waals surface area (Å²) in [6, 6.07) is 9.62. The van der Waals surface area contributed by atoms with E-state index in [2.05, 4.69) is 27.9 Å². The van der Waals surface area contributed by atoms with Crippen LogP contribution in [0.2, 0.25) is 0 Å². The van der Waals surface area contributed by atoms with E-state index in [0.717, 1.165) is 9.13 Å². The van der Waals surface area contributed by atoms with Gasteiger partial charge in [0.05, 0.1) is 12.0 Å². The molecule has 1 N–H and O–H groups in total. The van der Waals surface area contributed by atoms with Crippen LogP contribution in [0.4, 0.5) is 11.4 Å². The predicted molar refractivity (Wildman–Crippen MR) is 91.5 cm³/mol. The highest BCUT2D eigenvalue weighted by molar-refractivity contribution is 14.1. The molecule has 2 aromatic carbocycles. The zero-order valence-electron chi connectivity index (χ0n) is 11.9. The summed E-state index contributed by atoms with van der Waals surface area (Å²) < 4.78 is 5.94. The minimum absolute atomic E-state index is 0.117. The molecule has 0 bridgehead atoms. The highest BCUT2D eigenvalue weighted by Gasteiger charge is 2.18. The number of benzene rings is 2. The van der Waals surface area contributed by atoms with Gasteiger partial charge in [-0.05, 0) is 59.3 Å². The SMILES string of the molecule is COc1ccc(C(=O)Nc2ccc(C)c(I)c2)cc1[N+](=O)[O-]. The lowest BCUT2D eigenvalue weighted by Crippen LogP contribution is -2.12. The number of carbonyl (C=O) groups excluding carboxylic acids is 1. The van der Waals surface area contributed by atoms with Crippen molar-refractivity contribution in [2.24, 2.45) is 0 Å². The molecule has 0 aromatic heterocycles. The highest BCUT2D eigenvalue weighted by atomic mass is 127. The smallest absolute Gasteiger partial charge is 0.311 e. The molecule has 0 saturated carbocycles. The summed E-state index contributed by atoms with van der Waals surface area (Å²) in [5.41, 5.74) is 1.70. The minimum Gasteiger partial charge on any atom is -0.490 e. The number of ether oxygens (including phenoxy) is 1. The van der Waals surface area contributed by atoms with Crippen molar-refractivity contribution >= 4 is 39.9 Å². The van der Waals surface area contributed by atoms with Crippen LogP contribution < -0.4 is 10.1 Å². The fourth-order valence-corrected chi connectivity index (χ4v) is 2.36. The Kier molecular flexibility index (Phi) is 4.96. The van der Waals surface area contributed by atoms with Gasteiger partial charge in [-0.25, -0.2) is 0 Å². The summed E-state index contributed by atoms with van der Waals surface area (Å²) in [6.45, 7) is 1.97. The number of hydrogen-bond donors (Lipinski definition) is 1. The normalized spacial score (nSPS) is 10.1. The van der Waals surface area contributed by atoms with E-state index in [1.165, 1.54) is 25.3 Å². The van der Waals surface area contributed by atoms with Crippen molar-refractivity contribution in [2.75, 3.05) is 12.4 Å². The zero-order valence-corrected chi connectivity index (χ0v) is 14.1. The van der Waals surface area contributed by atoms with Crippen LogP contribution in [0.25, 0.3) is 0 Å². The van der Waals surface area contributed by atoms with Gasteiger partial charge in [-0.2, -0.15) is 0 Å². The number of amides is 1. The molecule has 0 unspecified atom stereocenters. The summed E-state index contributed by atoms with van der Waals surface area (Å²) in [7, 11) is 1.34. The average Bonchev–Trinajstić information content (AvgIpc) is 2.50. The minimum atomic E-state index is -0.579. The van der Waals surface area contributed by atoms with E-state index in [1.54, 1.807) is 6.07 Å². The van der Waals surface area contributed by atoms with Crippen LogP contribution in [-0.4, -0.2) is 17.9 Å². The van der Waals surface area contributed by atoms with Gasteiger partial charge in [0.1, 0.15) is 0 Å². The van der Waals surface area contributed by atoms with Crippen molar-refractivity contribution in [1.82, 2.24) is 0 Å². The van der Waals surface area contributed by atoms with Crippen molar-refractivity contribution in [3.05, 3.63) is 61.2 Å². The van der Waals surface area contributed by atoms with Crippen LogP contribution in [0.3, 0.4) is 0 Å². The molecule has 0 fully saturated rings. The number of methoxy groups -OCH3 is 1. The number of nitro groups is 1. The summed E-state index contributed by atoms with van der Waals surface area (Å²) in [5.74, 6) is -0.295. The second kappa shape index (κ2) is 6.73. The molecular weight excluding hydrogens is 399 g/mol. The van der Waals surface area contributed by atoms with Gasteiger partial charge in [-0.3, -0.25) is 14.9 Å². The largest absolute Gasteiger partial charge is 0.490 e. The first kappa shape index (κ1) is 16.2. The number of carbonyl (C=O) groups is 1. The van der Waals surface area contributed by atoms with E-state index in [4.69, 9.17) is 4.74 Å². The monoisotopic (exact) mass is 412 g/mol. The lowest BCUT2D eigenvalue weighted by atomic mass is 10.1. The van der Waals surface area contributed by atoms with Gasteiger partial charge in [0.15, 0.2) is 5.75 Å². The van der Waals surface area contributed by atoms with Crippen LogP contribution in [0.5, 0.6) is 5.75 Å². The number of anilines is 1. The third-order valence-corrected chi connectivity index (χ3v) is 4.23. The summed E-state index contributed by atoms with van der Waals surface area (Å²) in [6.07, 6.45) is 0. The molecular formula is C15H13IN2O4. The van der Waals surface area contributed by atoms with Crippen LogP contribution in [-0.2, 0) is 0 Å². The van der Waals surface area contributed by atoms with Crippen molar-refractivity contribution in [2.45, 2.75) is 6.92 Å². The molecule has 0 aliphatic heterocycles. The topological polar surface area (TPSA) is 81.5 Å². The molecule has 0 saturated heterocycles. The summed E-state index contributed by atoms with van der Waals surface area (Å²) in [4.78, 5) is 22.6. The van der Waals surface area contributed by atoms with Crippen LogP contribution in [0.15, 0.2) is 36.4 Å². The Morgan fingerprint density at radius 2 is 2.00 bits per heavy atom. The molecule has 114 valence electrons. The predicted octanol–water partition coefficient (Wildman–Crippen LogP) is 3.77. The average molecular weight is 412 g/mol.